The lowest BCUT2D eigenvalue weighted by atomic mass is 9.58. The Morgan fingerprint density at radius 3 is 2.49 bits per heavy atom. The Balaban J connectivity index is 0.952. The number of para-hydroxylation sites is 1. The Kier molecular flexibility index (Phi) is 13.3. The molecule has 2 aromatic heterocycles. The summed E-state index contributed by atoms with van der Waals surface area (Å²) < 4.78 is 7.75. The zero-order valence-electron chi connectivity index (χ0n) is 40.6. The van der Waals surface area contributed by atoms with Gasteiger partial charge < -0.3 is 9.32 Å². The third-order valence-electron chi connectivity index (χ3n) is 15.4. The molecule has 5 aromatic carbocycles. The van der Waals surface area contributed by atoms with Gasteiger partial charge in [-0.2, -0.15) is 0 Å². The first-order valence-corrected chi connectivity index (χ1v) is 26.3. The molecule has 4 atom stereocenters. The fraction of sp³-hybridized carbons (Fsp3) is 0.176. The molecule has 0 saturated carbocycles. The van der Waals surface area contributed by atoms with Crippen LogP contribution in [0.15, 0.2) is 236 Å². The van der Waals surface area contributed by atoms with Crippen molar-refractivity contribution in [1.29, 1.82) is 0 Å². The highest BCUT2D eigenvalue weighted by molar-refractivity contribution is 7.20. The van der Waals surface area contributed by atoms with Crippen molar-refractivity contribution in [3.05, 3.63) is 282 Å². The van der Waals surface area contributed by atoms with E-state index in [2.05, 4.69) is 231 Å². The summed E-state index contributed by atoms with van der Waals surface area (Å²) in [6.45, 7) is 13.4. The van der Waals surface area contributed by atoms with Gasteiger partial charge in [-0.1, -0.05) is 177 Å². The molecular formula is C68H61NOS. The number of thiophene rings is 1. The number of anilines is 1. The molecular weight excluding hydrogens is 879 g/mol. The summed E-state index contributed by atoms with van der Waals surface area (Å²) in [4.78, 5) is 3.66. The monoisotopic (exact) mass is 939 g/mol. The molecule has 350 valence electrons. The van der Waals surface area contributed by atoms with E-state index in [4.69, 9.17) is 11.0 Å². The lowest BCUT2D eigenvalue weighted by Gasteiger charge is -2.44. The summed E-state index contributed by atoms with van der Waals surface area (Å²) in [5.74, 6) is 1.72. The predicted molar refractivity (Wildman–Crippen MR) is 306 cm³/mol. The number of benzene rings is 5. The van der Waals surface area contributed by atoms with Crippen molar-refractivity contribution in [1.82, 2.24) is 0 Å². The Morgan fingerprint density at radius 1 is 0.831 bits per heavy atom. The van der Waals surface area contributed by atoms with Crippen molar-refractivity contribution < 1.29 is 4.42 Å². The maximum Gasteiger partial charge on any atom is 0.135 e. The Hall–Kier alpha value is -7.46. The van der Waals surface area contributed by atoms with Crippen molar-refractivity contribution in [3.63, 3.8) is 0 Å². The zero-order chi connectivity index (χ0) is 48.2. The molecule has 0 fully saturated rings. The van der Waals surface area contributed by atoms with Crippen LogP contribution in [0.3, 0.4) is 0 Å². The zero-order valence-corrected chi connectivity index (χ0v) is 41.4. The molecule has 2 nitrogen and oxygen atoms in total. The maximum atomic E-state index is 6.38. The van der Waals surface area contributed by atoms with Crippen LogP contribution >= 0.6 is 11.3 Å². The highest BCUT2D eigenvalue weighted by atomic mass is 32.1. The second-order valence-corrected chi connectivity index (χ2v) is 20.5. The number of nitrogens with zero attached hydrogens (tertiary/aromatic N) is 1. The van der Waals surface area contributed by atoms with Crippen molar-refractivity contribution in [2.45, 2.75) is 62.7 Å². The molecule has 4 unspecified atom stereocenters. The van der Waals surface area contributed by atoms with E-state index in [1.54, 1.807) is 0 Å². The van der Waals surface area contributed by atoms with E-state index in [0.29, 0.717) is 5.92 Å². The van der Waals surface area contributed by atoms with Gasteiger partial charge in [-0.05, 0) is 167 Å². The Morgan fingerprint density at radius 2 is 1.66 bits per heavy atom. The van der Waals surface area contributed by atoms with Gasteiger partial charge in [0.25, 0.3) is 0 Å². The second-order valence-electron chi connectivity index (χ2n) is 19.4. The van der Waals surface area contributed by atoms with Gasteiger partial charge in [0.05, 0.1) is 5.41 Å². The first-order valence-electron chi connectivity index (χ1n) is 25.5. The number of hydrogen-bond donors (Lipinski definition) is 0. The average Bonchev–Trinajstić information content (AvgIpc) is 4.01. The second kappa shape index (κ2) is 20.5. The van der Waals surface area contributed by atoms with Gasteiger partial charge in [0, 0.05) is 38.6 Å². The van der Waals surface area contributed by atoms with Crippen LogP contribution in [0.4, 0.5) is 5.69 Å². The number of furan rings is 1. The molecule has 0 N–H and O–H groups in total. The lowest BCUT2D eigenvalue weighted by molar-refractivity contribution is 0.396. The quantitative estimate of drug-likeness (QED) is 0.0846. The van der Waals surface area contributed by atoms with Gasteiger partial charge >= 0.3 is 0 Å². The SMILES string of the molecule is C=CCC(/C=C\N(/C=C\C=C(/C=C)c1ccc2c(c1)C/C=C\C=C/C(=C)C2(c1ccccc1)C1C=CCCC1)c1ccc(C2=Cc3sc4ccccc4c3CC2)cc1)C1CC=Cc2oc3ccccc3c21. The summed E-state index contributed by atoms with van der Waals surface area (Å²) in [6.07, 6.45) is 43.9. The normalized spacial score (nSPS) is 21.2. The van der Waals surface area contributed by atoms with E-state index in [9.17, 15) is 0 Å². The van der Waals surface area contributed by atoms with E-state index >= 15 is 0 Å². The van der Waals surface area contributed by atoms with Crippen molar-refractivity contribution >= 4 is 61.4 Å². The third kappa shape index (κ3) is 8.89. The Labute approximate surface area is 424 Å². The number of aryl methyl sites for hydroxylation is 1. The molecule has 2 heterocycles. The van der Waals surface area contributed by atoms with Crippen LogP contribution in [-0.2, 0) is 18.3 Å². The fourth-order valence-electron chi connectivity index (χ4n) is 11.9. The molecule has 0 bridgehead atoms. The highest BCUT2D eigenvalue weighted by Crippen LogP contribution is 2.51. The molecule has 0 amide bonds. The maximum absolute atomic E-state index is 6.38. The van der Waals surface area contributed by atoms with Gasteiger partial charge in [-0.3, -0.25) is 0 Å². The summed E-state index contributed by atoms with van der Waals surface area (Å²) in [7, 11) is 0. The van der Waals surface area contributed by atoms with E-state index in [-0.39, 0.29) is 11.8 Å². The first-order chi connectivity index (χ1) is 35.0. The van der Waals surface area contributed by atoms with E-state index in [1.165, 1.54) is 65.7 Å². The molecule has 0 aliphatic heterocycles. The highest BCUT2D eigenvalue weighted by Gasteiger charge is 2.44. The fourth-order valence-corrected chi connectivity index (χ4v) is 13.2. The standard InChI is InChI=1S/C68H61NOS/c1-4-21-51(58-31-19-33-64-67(58)61-30-15-17-32-63(61)70-64)43-45-69(57-39-35-50(36-40-57)53-37-41-60-59-29-16-18-34-65(59)71-66(60)47-53)44-20-24-49(5-2)52-38-42-62-54(46-52)23-10-6-9-22-48(3)68(62,55-25-11-7-12-26-55)56-27-13-8-14-28-56/h4-7,9-13,15-20,22,24-27,29-30,32-36,38-40,42-47,51,56,58H,1-3,8,14,21,23,28,31,37,41H2/b10-6-,22-9-,44-20-,45-43-,49-24+. The van der Waals surface area contributed by atoms with E-state index in [1.807, 2.05) is 17.4 Å². The molecule has 3 heteroatoms. The molecule has 11 rings (SSSR count). The minimum absolute atomic E-state index is 0.204. The van der Waals surface area contributed by atoms with E-state index < -0.39 is 5.41 Å². The summed E-state index contributed by atoms with van der Waals surface area (Å²) >= 11 is 1.91. The van der Waals surface area contributed by atoms with E-state index in [0.717, 1.165) is 78.7 Å². The topological polar surface area (TPSA) is 16.4 Å². The first kappa shape index (κ1) is 46.0. The summed E-state index contributed by atoms with van der Waals surface area (Å²) in [5, 5.41) is 2.61. The minimum atomic E-state index is -0.395. The van der Waals surface area contributed by atoms with Crippen LogP contribution in [0.1, 0.15) is 94.0 Å². The summed E-state index contributed by atoms with van der Waals surface area (Å²) in [5.41, 5.74) is 14.4. The molecule has 4 aliphatic carbocycles. The third-order valence-corrected chi connectivity index (χ3v) is 16.6. The van der Waals surface area contributed by atoms with Gasteiger partial charge in [-0.15, -0.1) is 17.9 Å². The van der Waals surface area contributed by atoms with Gasteiger partial charge in [0.15, 0.2) is 0 Å². The average molecular weight is 940 g/mol. The van der Waals surface area contributed by atoms with Gasteiger partial charge in [0.1, 0.15) is 11.3 Å². The molecule has 0 radical (unpaired) electrons. The lowest BCUT2D eigenvalue weighted by Crippen LogP contribution is -2.38. The van der Waals surface area contributed by atoms with Gasteiger partial charge in [-0.25, -0.2) is 0 Å². The number of allylic oxidation sites excluding steroid dienone is 15. The van der Waals surface area contributed by atoms with Crippen LogP contribution in [0.2, 0.25) is 0 Å². The van der Waals surface area contributed by atoms with Gasteiger partial charge in [0.2, 0.25) is 0 Å². The molecule has 71 heavy (non-hydrogen) atoms. The number of hydrogen-bond acceptors (Lipinski definition) is 3. The van der Waals surface area contributed by atoms with Crippen LogP contribution in [0, 0.1) is 11.8 Å². The number of fused-ring (bicyclic) bond motifs is 7. The van der Waals surface area contributed by atoms with Crippen LogP contribution in [-0.4, -0.2) is 0 Å². The largest absolute Gasteiger partial charge is 0.456 e. The van der Waals surface area contributed by atoms with Crippen LogP contribution < -0.4 is 4.90 Å². The molecule has 0 spiro atoms. The molecule has 4 aliphatic rings. The van der Waals surface area contributed by atoms with Crippen molar-refractivity contribution in [2.75, 3.05) is 4.90 Å². The van der Waals surface area contributed by atoms with Crippen molar-refractivity contribution in [2.24, 2.45) is 11.8 Å². The van der Waals surface area contributed by atoms with Crippen LogP contribution in [0.25, 0.3) is 44.4 Å². The van der Waals surface area contributed by atoms with Crippen LogP contribution in [0.5, 0.6) is 0 Å². The van der Waals surface area contributed by atoms with Crippen molar-refractivity contribution in [3.8, 4) is 0 Å². The molecule has 7 aromatic rings. The minimum Gasteiger partial charge on any atom is -0.456 e. The smallest absolute Gasteiger partial charge is 0.135 e. The summed E-state index contributed by atoms with van der Waals surface area (Å²) in [6, 6.07) is 44.6. The number of rotatable bonds is 13. The Bertz CT molecular complexity index is 3390. The predicted octanol–water partition coefficient (Wildman–Crippen LogP) is 18.5. The molecule has 0 saturated heterocycles.